The SMILES string of the molecule is COCCOc1cc(O)c(C=O)c2oc(=O)c(CC(=O)NCCN3CCOCC3)c(C)c12. The Kier molecular flexibility index (Phi) is 8.20. The summed E-state index contributed by atoms with van der Waals surface area (Å²) in [4.78, 5) is 38.8. The number of fused-ring (bicyclic) bond motifs is 1. The lowest BCUT2D eigenvalue weighted by molar-refractivity contribution is -0.120. The van der Waals surface area contributed by atoms with Crippen LogP contribution in [0.3, 0.4) is 0 Å². The molecule has 1 aliphatic heterocycles. The number of rotatable bonds is 10. The van der Waals surface area contributed by atoms with Gasteiger partial charge in [0.25, 0.3) is 0 Å². The number of hydrogen-bond donors (Lipinski definition) is 2. The Morgan fingerprint density at radius 1 is 1.31 bits per heavy atom. The number of aromatic hydroxyl groups is 1. The van der Waals surface area contributed by atoms with Crippen LogP contribution in [0.15, 0.2) is 15.3 Å². The molecule has 0 unspecified atom stereocenters. The van der Waals surface area contributed by atoms with Crippen LogP contribution in [0, 0.1) is 6.92 Å². The van der Waals surface area contributed by atoms with Crippen molar-refractivity contribution in [2.45, 2.75) is 13.3 Å². The Hall–Kier alpha value is -2.95. The van der Waals surface area contributed by atoms with Gasteiger partial charge < -0.3 is 29.1 Å². The van der Waals surface area contributed by atoms with Gasteiger partial charge in [-0.1, -0.05) is 0 Å². The summed E-state index contributed by atoms with van der Waals surface area (Å²) in [6, 6.07) is 1.29. The fraction of sp³-hybridized carbons (Fsp3) is 0.500. The number of methoxy groups -OCH3 is 1. The molecule has 1 aliphatic rings. The van der Waals surface area contributed by atoms with Gasteiger partial charge in [0.05, 0.1) is 42.8 Å². The van der Waals surface area contributed by atoms with Crippen molar-refractivity contribution in [3.63, 3.8) is 0 Å². The maximum absolute atomic E-state index is 12.6. The van der Waals surface area contributed by atoms with Crippen molar-refractivity contribution in [3.05, 3.63) is 33.2 Å². The number of benzene rings is 1. The summed E-state index contributed by atoms with van der Waals surface area (Å²) in [5.41, 5.74) is -0.349. The maximum atomic E-state index is 12.6. The van der Waals surface area contributed by atoms with Crippen molar-refractivity contribution in [1.29, 1.82) is 0 Å². The third kappa shape index (κ3) is 5.45. The van der Waals surface area contributed by atoms with Crippen LogP contribution in [0.4, 0.5) is 0 Å². The number of ether oxygens (including phenoxy) is 3. The molecule has 0 radical (unpaired) electrons. The van der Waals surface area contributed by atoms with Crippen LogP contribution in [-0.4, -0.2) is 81.9 Å². The van der Waals surface area contributed by atoms with Crippen molar-refractivity contribution in [2.75, 3.05) is 59.7 Å². The van der Waals surface area contributed by atoms with Crippen LogP contribution in [0.5, 0.6) is 11.5 Å². The molecule has 1 fully saturated rings. The minimum atomic E-state index is -0.741. The summed E-state index contributed by atoms with van der Waals surface area (Å²) in [6.07, 6.45) is 0.235. The zero-order valence-corrected chi connectivity index (χ0v) is 18.3. The van der Waals surface area contributed by atoms with Gasteiger partial charge in [-0.2, -0.15) is 0 Å². The predicted octanol–water partition coefficient (Wildman–Crippen LogP) is 0.636. The average Bonchev–Trinajstić information content (AvgIpc) is 2.77. The molecule has 10 nitrogen and oxygen atoms in total. The molecular formula is C22H28N2O8. The van der Waals surface area contributed by atoms with Gasteiger partial charge in [0.2, 0.25) is 5.91 Å². The second-order valence-corrected chi connectivity index (χ2v) is 7.44. The van der Waals surface area contributed by atoms with Gasteiger partial charge in [-0.15, -0.1) is 0 Å². The zero-order chi connectivity index (χ0) is 23.1. The smallest absolute Gasteiger partial charge is 0.340 e. The van der Waals surface area contributed by atoms with Crippen molar-refractivity contribution in [2.24, 2.45) is 0 Å². The fourth-order valence-electron chi connectivity index (χ4n) is 3.63. The predicted molar refractivity (Wildman–Crippen MR) is 116 cm³/mol. The van der Waals surface area contributed by atoms with Gasteiger partial charge >= 0.3 is 5.63 Å². The van der Waals surface area contributed by atoms with Crippen molar-refractivity contribution in [1.82, 2.24) is 10.2 Å². The highest BCUT2D eigenvalue weighted by Gasteiger charge is 2.22. The molecule has 2 N–H and O–H groups in total. The minimum Gasteiger partial charge on any atom is -0.507 e. The number of carbonyl (C=O) groups excluding carboxylic acids is 2. The molecule has 0 atom stereocenters. The molecule has 1 aromatic heterocycles. The molecule has 1 saturated heterocycles. The van der Waals surface area contributed by atoms with E-state index in [4.69, 9.17) is 18.6 Å². The van der Waals surface area contributed by atoms with Crippen LogP contribution < -0.4 is 15.7 Å². The lowest BCUT2D eigenvalue weighted by Crippen LogP contribution is -2.41. The molecule has 3 rings (SSSR count). The molecule has 174 valence electrons. The van der Waals surface area contributed by atoms with Crippen molar-refractivity contribution < 1.29 is 33.3 Å². The van der Waals surface area contributed by atoms with E-state index in [1.165, 1.54) is 13.2 Å². The van der Waals surface area contributed by atoms with Crippen LogP contribution in [-0.2, 0) is 20.7 Å². The fourth-order valence-corrected chi connectivity index (χ4v) is 3.63. The number of phenols is 1. The molecule has 32 heavy (non-hydrogen) atoms. The van der Waals surface area contributed by atoms with E-state index in [0.29, 0.717) is 50.1 Å². The monoisotopic (exact) mass is 448 g/mol. The van der Waals surface area contributed by atoms with Gasteiger partial charge in [0, 0.05) is 39.4 Å². The number of morpholine rings is 1. The first-order valence-corrected chi connectivity index (χ1v) is 10.4. The molecular weight excluding hydrogens is 420 g/mol. The summed E-state index contributed by atoms with van der Waals surface area (Å²) in [7, 11) is 1.52. The molecule has 1 amide bonds. The molecule has 0 bridgehead atoms. The molecule has 2 aromatic rings. The van der Waals surface area contributed by atoms with E-state index < -0.39 is 5.63 Å². The maximum Gasteiger partial charge on any atom is 0.340 e. The molecule has 1 aromatic carbocycles. The second kappa shape index (κ2) is 11.1. The highest BCUT2D eigenvalue weighted by atomic mass is 16.5. The number of hydrogen-bond acceptors (Lipinski definition) is 9. The standard InChI is InChI=1S/C22H28N2O8/c1-14-15(11-19(27)23-3-4-24-5-7-30-8-6-24)22(28)32-21-16(13-25)17(26)12-18(20(14)21)31-10-9-29-2/h12-13,26H,3-11H2,1-2H3,(H,23,27). The topological polar surface area (TPSA) is 128 Å². The number of phenolic OH excluding ortho intramolecular Hbond substituents is 1. The molecule has 0 aliphatic carbocycles. The summed E-state index contributed by atoms with van der Waals surface area (Å²) in [5.74, 6) is -0.448. The number of amides is 1. The van der Waals surface area contributed by atoms with Crippen LogP contribution in [0.2, 0.25) is 0 Å². The van der Waals surface area contributed by atoms with Gasteiger partial charge in [-0.05, 0) is 12.5 Å². The Morgan fingerprint density at radius 3 is 2.75 bits per heavy atom. The van der Waals surface area contributed by atoms with Crippen LogP contribution in [0.1, 0.15) is 21.5 Å². The van der Waals surface area contributed by atoms with E-state index >= 15 is 0 Å². The summed E-state index contributed by atoms with van der Waals surface area (Å²) in [5, 5.41) is 13.3. The van der Waals surface area contributed by atoms with E-state index in [-0.39, 0.29) is 47.1 Å². The Morgan fingerprint density at radius 2 is 2.06 bits per heavy atom. The molecule has 2 heterocycles. The quantitative estimate of drug-likeness (QED) is 0.306. The van der Waals surface area contributed by atoms with Crippen molar-refractivity contribution in [3.8, 4) is 11.5 Å². The highest BCUT2D eigenvalue weighted by Crippen LogP contribution is 2.36. The first kappa shape index (κ1) is 23.7. The van der Waals surface area contributed by atoms with E-state index in [2.05, 4.69) is 10.2 Å². The van der Waals surface area contributed by atoms with Crippen molar-refractivity contribution >= 4 is 23.2 Å². The van der Waals surface area contributed by atoms with E-state index in [0.717, 1.165) is 13.1 Å². The Balaban J connectivity index is 1.84. The normalized spacial score (nSPS) is 14.4. The number of nitrogens with zero attached hydrogens (tertiary/aromatic N) is 1. The van der Waals surface area contributed by atoms with Gasteiger partial charge in [0.1, 0.15) is 18.1 Å². The number of nitrogens with one attached hydrogen (secondary N) is 1. The first-order chi connectivity index (χ1) is 15.5. The molecule has 0 spiro atoms. The largest absolute Gasteiger partial charge is 0.507 e. The zero-order valence-electron chi connectivity index (χ0n) is 18.3. The lowest BCUT2D eigenvalue weighted by Gasteiger charge is -2.26. The van der Waals surface area contributed by atoms with E-state index in [1.807, 2.05) is 0 Å². The van der Waals surface area contributed by atoms with Gasteiger partial charge in [-0.25, -0.2) is 4.79 Å². The average molecular weight is 448 g/mol. The number of aldehydes is 1. The minimum absolute atomic E-state index is 0.0774. The summed E-state index contributed by atoms with van der Waals surface area (Å²) < 4.78 is 21.3. The van der Waals surface area contributed by atoms with E-state index in [9.17, 15) is 19.5 Å². The van der Waals surface area contributed by atoms with Crippen LogP contribution in [0.25, 0.3) is 11.0 Å². The van der Waals surface area contributed by atoms with E-state index in [1.54, 1.807) is 6.92 Å². The van der Waals surface area contributed by atoms with Gasteiger partial charge in [-0.3, -0.25) is 14.5 Å². The second-order valence-electron chi connectivity index (χ2n) is 7.44. The number of aryl methyl sites for hydroxylation is 1. The molecule has 10 heteroatoms. The van der Waals surface area contributed by atoms with Gasteiger partial charge in [0.15, 0.2) is 11.9 Å². The Bertz CT molecular complexity index is 1030. The first-order valence-electron chi connectivity index (χ1n) is 10.4. The Labute approximate surface area is 185 Å². The highest BCUT2D eigenvalue weighted by molar-refractivity contribution is 6.02. The molecule has 0 saturated carbocycles. The lowest BCUT2D eigenvalue weighted by atomic mass is 10.00. The third-order valence-electron chi connectivity index (χ3n) is 5.38. The third-order valence-corrected chi connectivity index (χ3v) is 5.38. The summed E-state index contributed by atoms with van der Waals surface area (Å²) >= 11 is 0. The summed E-state index contributed by atoms with van der Waals surface area (Å²) in [6.45, 7) is 6.28. The number of carbonyl (C=O) groups is 2. The van der Waals surface area contributed by atoms with Crippen LogP contribution >= 0.6 is 0 Å².